The molecule has 1 N–H and O–H groups in total. The van der Waals surface area contributed by atoms with Gasteiger partial charge in [-0.05, 0) is 95.5 Å². The van der Waals surface area contributed by atoms with Gasteiger partial charge in [0.25, 0.3) is 0 Å². The average Bonchev–Trinajstić information content (AvgIpc) is 3.31. The number of carbonyl (C=O) groups excluding carboxylic acids is 1. The van der Waals surface area contributed by atoms with Crippen molar-refractivity contribution in [2.24, 2.45) is 5.92 Å². The first kappa shape index (κ1) is 23.8. The number of likely N-dealkylation sites (tertiary alicyclic amines) is 1. The number of pyridine rings is 1. The summed E-state index contributed by atoms with van der Waals surface area (Å²) in [5.74, 6) is 1.72. The molecule has 1 saturated heterocycles. The quantitative estimate of drug-likeness (QED) is 0.543. The number of ether oxygens (including phenoxy) is 1. The predicted octanol–water partition coefficient (Wildman–Crippen LogP) is 5.45. The Morgan fingerprint density at radius 2 is 1.86 bits per heavy atom. The average molecular weight is 476 g/mol. The van der Waals surface area contributed by atoms with E-state index in [4.69, 9.17) is 9.72 Å². The summed E-state index contributed by atoms with van der Waals surface area (Å²) >= 11 is 0. The SMILES string of the molecule is Cc1cc2nc(C)n(C3CCN(CC4Cc5ccc(NC(=O)OC(C)(C)C)cc5C4)CC3)c2cn1. The maximum absolute atomic E-state index is 12.1. The minimum Gasteiger partial charge on any atom is -0.444 e. The Hall–Kier alpha value is -2.93. The summed E-state index contributed by atoms with van der Waals surface area (Å²) in [5, 5.41) is 2.88. The fourth-order valence-electron chi connectivity index (χ4n) is 5.74. The van der Waals surface area contributed by atoms with Crippen LogP contribution in [0, 0.1) is 19.8 Å². The smallest absolute Gasteiger partial charge is 0.412 e. The number of anilines is 1. The van der Waals surface area contributed by atoms with Gasteiger partial charge >= 0.3 is 6.09 Å². The molecule has 0 spiro atoms. The van der Waals surface area contributed by atoms with E-state index in [-0.39, 0.29) is 0 Å². The van der Waals surface area contributed by atoms with E-state index in [0.717, 1.165) is 73.6 Å². The Bertz CT molecular complexity index is 1230. The van der Waals surface area contributed by atoms with E-state index in [0.29, 0.717) is 12.0 Å². The second kappa shape index (κ2) is 9.26. The van der Waals surface area contributed by atoms with Crippen molar-refractivity contribution in [1.82, 2.24) is 19.4 Å². The summed E-state index contributed by atoms with van der Waals surface area (Å²) in [4.78, 5) is 24.1. The summed E-state index contributed by atoms with van der Waals surface area (Å²) in [7, 11) is 0. The van der Waals surface area contributed by atoms with Gasteiger partial charge in [-0.3, -0.25) is 10.3 Å². The van der Waals surface area contributed by atoms with Gasteiger partial charge in [0.1, 0.15) is 11.4 Å². The number of nitrogens with one attached hydrogen (secondary N) is 1. The lowest BCUT2D eigenvalue weighted by atomic mass is 10.0. The molecule has 1 fully saturated rings. The van der Waals surface area contributed by atoms with Gasteiger partial charge in [-0.25, -0.2) is 9.78 Å². The molecule has 7 heteroatoms. The summed E-state index contributed by atoms with van der Waals surface area (Å²) in [6, 6.07) is 8.85. The van der Waals surface area contributed by atoms with Gasteiger partial charge in [0.2, 0.25) is 0 Å². The Labute approximate surface area is 207 Å². The third-order valence-electron chi connectivity index (χ3n) is 7.20. The number of hydrogen-bond acceptors (Lipinski definition) is 5. The van der Waals surface area contributed by atoms with Crippen LogP contribution in [0.5, 0.6) is 0 Å². The van der Waals surface area contributed by atoms with Gasteiger partial charge in [-0.1, -0.05) is 6.07 Å². The molecular formula is C28H37N5O2. The number of piperidine rings is 1. The third-order valence-corrected chi connectivity index (χ3v) is 7.20. The van der Waals surface area contributed by atoms with Crippen molar-refractivity contribution in [2.75, 3.05) is 25.0 Å². The molecule has 1 aromatic carbocycles. The lowest BCUT2D eigenvalue weighted by Gasteiger charge is -2.34. The van der Waals surface area contributed by atoms with Crippen LogP contribution in [0.3, 0.4) is 0 Å². The van der Waals surface area contributed by atoms with E-state index in [1.807, 2.05) is 40.0 Å². The van der Waals surface area contributed by atoms with Crippen molar-refractivity contribution in [1.29, 1.82) is 0 Å². The van der Waals surface area contributed by atoms with E-state index in [1.165, 1.54) is 11.1 Å². The van der Waals surface area contributed by atoms with Gasteiger partial charge in [-0.2, -0.15) is 0 Å². The van der Waals surface area contributed by atoms with Gasteiger partial charge in [0.15, 0.2) is 0 Å². The number of fused-ring (bicyclic) bond motifs is 2. The Balaban J connectivity index is 1.16. The number of aromatic nitrogens is 3. The monoisotopic (exact) mass is 475 g/mol. The van der Waals surface area contributed by atoms with Gasteiger partial charge in [0.05, 0.1) is 17.2 Å². The van der Waals surface area contributed by atoms with E-state index in [9.17, 15) is 4.79 Å². The van der Waals surface area contributed by atoms with Gasteiger partial charge in [0, 0.05) is 37.1 Å². The zero-order valence-corrected chi connectivity index (χ0v) is 21.6. The number of imidazole rings is 1. The van der Waals surface area contributed by atoms with Crippen LogP contribution in [0.1, 0.15) is 62.3 Å². The molecule has 0 bridgehead atoms. The van der Waals surface area contributed by atoms with Crippen molar-refractivity contribution in [2.45, 2.75) is 71.9 Å². The first-order chi connectivity index (χ1) is 16.6. The van der Waals surface area contributed by atoms with Crippen LogP contribution in [-0.2, 0) is 17.6 Å². The number of hydrogen-bond donors (Lipinski definition) is 1. The lowest BCUT2D eigenvalue weighted by Crippen LogP contribution is -2.38. The zero-order valence-electron chi connectivity index (χ0n) is 21.6. The highest BCUT2D eigenvalue weighted by molar-refractivity contribution is 5.85. The molecule has 5 rings (SSSR count). The Morgan fingerprint density at radius 1 is 1.11 bits per heavy atom. The highest BCUT2D eigenvalue weighted by Gasteiger charge is 2.28. The second-order valence-electron chi connectivity index (χ2n) is 11.3. The highest BCUT2D eigenvalue weighted by Crippen LogP contribution is 2.32. The van der Waals surface area contributed by atoms with Crippen LogP contribution in [0.2, 0.25) is 0 Å². The van der Waals surface area contributed by atoms with Crippen LogP contribution in [0.15, 0.2) is 30.5 Å². The van der Waals surface area contributed by atoms with E-state index in [1.54, 1.807) is 0 Å². The minimum absolute atomic E-state index is 0.401. The lowest BCUT2D eigenvalue weighted by molar-refractivity contribution is 0.0636. The second-order valence-corrected chi connectivity index (χ2v) is 11.3. The first-order valence-corrected chi connectivity index (χ1v) is 12.8. The summed E-state index contributed by atoms with van der Waals surface area (Å²) in [6.45, 7) is 13.1. The van der Waals surface area contributed by atoms with Crippen molar-refractivity contribution < 1.29 is 9.53 Å². The van der Waals surface area contributed by atoms with Crippen molar-refractivity contribution in [3.63, 3.8) is 0 Å². The number of amides is 1. The zero-order chi connectivity index (χ0) is 24.7. The molecule has 2 aromatic heterocycles. The fraction of sp³-hybridized carbons (Fsp3) is 0.536. The number of carbonyl (C=O) groups is 1. The van der Waals surface area contributed by atoms with Crippen molar-refractivity contribution in [3.05, 3.63) is 53.1 Å². The number of benzene rings is 1. The molecule has 0 radical (unpaired) electrons. The standard InChI is InChI=1S/C28H37N5O2/c1-18-12-25-26(16-29-18)33(19(2)30-25)24-8-10-32(11-9-24)17-20-13-21-6-7-23(15-22(21)14-20)31-27(34)35-28(3,4)5/h6-7,12,15-16,20,24H,8-11,13-14,17H2,1-5H3,(H,31,34). The molecule has 7 nitrogen and oxygen atoms in total. The van der Waals surface area contributed by atoms with Crippen LogP contribution >= 0.6 is 0 Å². The molecule has 3 heterocycles. The molecule has 1 aliphatic carbocycles. The van der Waals surface area contributed by atoms with Gasteiger partial charge in [-0.15, -0.1) is 0 Å². The maximum atomic E-state index is 12.1. The summed E-state index contributed by atoms with van der Waals surface area (Å²) < 4.78 is 7.79. The van der Waals surface area contributed by atoms with Crippen LogP contribution in [0.4, 0.5) is 10.5 Å². The normalized spacial score (nSPS) is 19.2. The van der Waals surface area contributed by atoms with Crippen LogP contribution in [-0.4, -0.2) is 50.8 Å². The summed E-state index contributed by atoms with van der Waals surface area (Å²) in [5.41, 5.74) is 6.30. The molecule has 2 aliphatic rings. The number of nitrogens with zero attached hydrogens (tertiary/aromatic N) is 4. The molecular weight excluding hydrogens is 438 g/mol. The molecule has 1 aliphatic heterocycles. The molecule has 186 valence electrons. The molecule has 1 unspecified atom stereocenters. The highest BCUT2D eigenvalue weighted by atomic mass is 16.6. The molecule has 0 saturated carbocycles. The summed E-state index contributed by atoms with van der Waals surface area (Å²) in [6.07, 6.45) is 6.04. The molecule has 3 aromatic rings. The molecule has 35 heavy (non-hydrogen) atoms. The Kier molecular flexibility index (Phi) is 6.30. The van der Waals surface area contributed by atoms with Crippen LogP contribution < -0.4 is 5.32 Å². The number of aryl methyl sites for hydroxylation is 2. The van der Waals surface area contributed by atoms with E-state index in [2.05, 4.69) is 44.9 Å². The predicted molar refractivity (Wildman–Crippen MR) is 139 cm³/mol. The topological polar surface area (TPSA) is 72.3 Å². The van der Waals surface area contributed by atoms with Gasteiger partial charge < -0.3 is 14.2 Å². The largest absolute Gasteiger partial charge is 0.444 e. The van der Waals surface area contributed by atoms with Crippen molar-refractivity contribution >= 4 is 22.8 Å². The maximum Gasteiger partial charge on any atom is 0.412 e. The first-order valence-electron chi connectivity index (χ1n) is 12.8. The number of rotatable bonds is 4. The fourth-order valence-corrected chi connectivity index (χ4v) is 5.74. The minimum atomic E-state index is -0.501. The van der Waals surface area contributed by atoms with E-state index < -0.39 is 11.7 Å². The third kappa shape index (κ3) is 5.35. The van der Waals surface area contributed by atoms with Crippen LogP contribution in [0.25, 0.3) is 11.0 Å². The van der Waals surface area contributed by atoms with E-state index >= 15 is 0 Å². The molecule has 1 amide bonds. The molecule has 1 atom stereocenters. The van der Waals surface area contributed by atoms with Crippen molar-refractivity contribution in [3.8, 4) is 0 Å². The Morgan fingerprint density at radius 3 is 2.60 bits per heavy atom.